The number of phenols is 1. The van der Waals surface area contributed by atoms with Crippen molar-refractivity contribution in [2.24, 2.45) is 29.6 Å². The second-order valence-electron chi connectivity index (χ2n) is 14.1. The zero-order chi connectivity index (χ0) is 39.3. The summed E-state index contributed by atoms with van der Waals surface area (Å²) < 4.78 is 8.78. The molecule has 1 aliphatic carbocycles. The van der Waals surface area contributed by atoms with E-state index in [4.69, 9.17) is 9.47 Å². The summed E-state index contributed by atoms with van der Waals surface area (Å²) in [5.74, 6) is -10.9. The number of esters is 1. The summed E-state index contributed by atoms with van der Waals surface area (Å²) in [6.07, 6.45) is -3.92. The molecule has 14 nitrogen and oxygen atoms in total. The number of ether oxygens (including phenoxy) is 2. The molecule has 0 radical (unpaired) electrons. The van der Waals surface area contributed by atoms with E-state index in [-0.39, 0.29) is 33.1 Å². The molecule has 0 spiro atoms. The molecule has 1 amide bonds. The van der Waals surface area contributed by atoms with E-state index in [2.05, 4.69) is 5.32 Å². The van der Waals surface area contributed by atoms with Crippen LogP contribution >= 0.6 is 11.8 Å². The van der Waals surface area contributed by atoms with Crippen molar-refractivity contribution in [2.75, 3.05) is 14.2 Å². The summed E-state index contributed by atoms with van der Waals surface area (Å²) >= 11 is 0.696. The zero-order valence-corrected chi connectivity index (χ0v) is 31.3. The number of nitrogens with one attached hydrogen (secondary N) is 1. The Labute approximate surface area is 305 Å². The first kappa shape index (κ1) is 40.9. The van der Waals surface area contributed by atoms with Gasteiger partial charge in [0.25, 0.3) is 0 Å². The van der Waals surface area contributed by atoms with Crippen LogP contribution in [0.4, 0.5) is 0 Å². The predicted octanol–water partition coefficient (Wildman–Crippen LogP) is 1.76. The smallest absolute Gasteiger partial charge is 0.313 e. The topological polar surface area (TPSA) is 237 Å². The summed E-state index contributed by atoms with van der Waals surface area (Å²) in [6, 6.07) is 0. The minimum absolute atomic E-state index is 0.00797. The molecule has 0 aromatic heterocycles. The number of fused-ring (bicyclic) bond motifs is 1. The van der Waals surface area contributed by atoms with Gasteiger partial charge in [0.15, 0.2) is 5.78 Å². The Morgan fingerprint density at radius 3 is 1.94 bits per heavy atom. The van der Waals surface area contributed by atoms with E-state index in [1.807, 2.05) is 0 Å². The molecule has 2 aliphatic heterocycles. The number of hydrogen-bond acceptors (Lipinski definition) is 14. The van der Waals surface area contributed by atoms with Gasteiger partial charge in [-0.15, -0.1) is 0 Å². The number of amides is 1. The largest absolute Gasteiger partial charge is 0.507 e. The highest BCUT2D eigenvalue weighted by Gasteiger charge is 2.49. The molecule has 3 bridgehead atoms. The van der Waals surface area contributed by atoms with Crippen molar-refractivity contribution in [3.8, 4) is 11.5 Å². The minimum Gasteiger partial charge on any atom is -0.507 e. The Balaban J connectivity index is 1.98. The Morgan fingerprint density at radius 1 is 0.808 bits per heavy atom. The molecule has 2 unspecified atom stereocenters. The summed E-state index contributed by atoms with van der Waals surface area (Å²) in [5.41, 5.74) is -1.69. The number of aliphatic hydroxyl groups is 5. The van der Waals surface area contributed by atoms with Crippen LogP contribution in [0, 0.1) is 36.5 Å². The number of hydrogen-bond donors (Lipinski definition) is 7. The van der Waals surface area contributed by atoms with Gasteiger partial charge in [-0.05, 0) is 26.3 Å². The first-order chi connectivity index (χ1) is 24.2. The third-order valence-corrected chi connectivity index (χ3v) is 12.0. The van der Waals surface area contributed by atoms with Gasteiger partial charge in [-0.2, -0.15) is 0 Å². The summed E-state index contributed by atoms with van der Waals surface area (Å²) in [7, 11) is 2.28. The molecule has 7 N–H and O–H groups in total. The lowest BCUT2D eigenvalue weighted by molar-refractivity contribution is -0.165. The number of ketones is 3. The van der Waals surface area contributed by atoms with E-state index in [0.717, 1.165) is 7.11 Å². The van der Waals surface area contributed by atoms with Gasteiger partial charge in [-0.25, -0.2) is 0 Å². The maximum Gasteiger partial charge on any atom is 0.313 e. The molecule has 3 aliphatic rings. The fraction of sp³-hybridized carbons (Fsp3) is 0.541. The third kappa shape index (κ3) is 6.85. The van der Waals surface area contributed by atoms with E-state index in [0.29, 0.717) is 11.8 Å². The van der Waals surface area contributed by atoms with Gasteiger partial charge in [-0.3, -0.25) is 24.0 Å². The normalized spacial score (nSPS) is 36.4. The first-order valence-corrected chi connectivity index (χ1v) is 17.7. The molecular formula is C37H47NO13S. The van der Waals surface area contributed by atoms with Crippen LogP contribution in [0.3, 0.4) is 0 Å². The highest BCUT2D eigenvalue weighted by Crippen LogP contribution is 2.49. The van der Waals surface area contributed by atoms with E-state index in [1.165, 1.54) is 73.8 Å². The average Bonchev–Trinajstić information content (AvgIpc) is 3.11. The number of benzene rings is 1. The van der Waals surface area contributed by atoms with Gasteiger partial charge in [0.05, 0.1) is 66.3 Å². The van der Waals surface area contributed by atoms with E-state index >= 15 is 0 Å². The van der Waals surface area contributed by atoms with Gasteiger partial charge in [0.2, 0.25) is 17.5 Å². The molecule has 52 heavy (non-hydrogen) atoms. The molecule has 1 aromatic carbocycles. The summed E-state index contributed by atoms with van der Waals surface area (Å²) in [4.78, 5) is 68.8. The molecule has 2 heterocycles. The Kier molecular flexibility index (Phi) is 12.0. The second kappa shape index (κ2) is 15.2. The minimum atomic E-state index is -1.72. The standard InChI is InChI=1S/C37H47NO13S/c1-13-12-14(2)26(41)22-20-21(30(45)18(6)33(22)50-8)31(46)24-34(32(20)47)52-37(7,36(49)38-24)11-10-19(39)15(3)27(42)17(5)29(44)23(35(48)51-9)28(43)16(4)25(13)40/h10-13,15-17,19,23,25,27-29,39-40,42-45H,1-9H3,(H,38,49)/b11-10-,14-12-/t13-,15+,16+,17+,19?,23-,25-,27+,28+,29+,37?/m0/s1. The predicted molar refractivity (Wildman–Crippen MR) is 189 cm³/mol. The zero-order valence-electron chi connectivity index (χ0n) is 30.5. The number of Topliss-reactive ketones (excluding diaryl/α,β-unsaturated/α-hetero) is 3. The van der Waals surface area contributed by atoms with Gasteiger partial charge >= 0.3 is 5.97 Å². The number of aliphatic hydroxyl groups excluding tert-OH is 5. The van der Waals surface area contributed by atoms with Crippen LogP contribution < -0.4 is 10.1 Å². The van der Waals surface area contributed by atoms with E-state index < -0.39 is 111 Å². The number of allylic oxidation sites excluding steroid dienone is 3. The quantitative estimate of drug-likeness (QED) is 0.169. The Hall–Kier alpha value is -3.86. The van der Waals surface area contributed by atoms with Crippen LogP contribution in [-0.2, 0) is 14.3 Å². The van der Waals surface area contributed by atoms with Crippen LogP contribution in [-0.4, -0.2) is 109 Å². The molecule has 0 fully saturated rings. The number of carbonyl (C=O) groups is 5. The van der Waals surface area contributed by atoms with Crippen LogP contribution in [0.5, 0.6) is 11.5 Å². The lowest BCUT2D eigenvalue weighted by atomic mass is 9.75. The van der Waals surface area contributed by atoms with Gasteiger partial charge in [-0.1, -0.05) is 57.7 Å². The lowest BCUT2D eigenvalue weighted by Gasteiger charge is -2.37. The van der Waals surface area contributed by atoms with Crippen molar-refractivity contribution in [1.82, 2.24) is 5.32 Å². The Morgan fingerprint density at radius 2 is 1.38 bits per heavy atom. The second-order valence-corrected chi connectivity index (χ2v) is 15.6. The van der Waals surface area contributed by atoms with Gasteiger partial charge in [0.1, 0.15) is 27.9 Å². The number of thioether (sulfide) groups is 1. The summed E-state index contributed by atoms with van der Waals surface area (Å²) in [6.45, 7) is 10.1. The molecule has 4 rings (SSSR count). The van der Waals surface area contributed by atoms with Crippen molar-refractivity contribution in [1.29, 1.82) is 0 Å². The van der Waals surface area contributed by atoms with Crippen molar-refractivity contribution in [2.45, 2.75) is 83.7 Å². The third-order valence-electron chi connectivity index (χ3n) is 10.7. The molecule has 15 heteroatoms. The van der Waals surface area contributed by atoms with Crippen molar-refractivity contribution >= 4 is 41.0 Å². The molecule has 11 atom stereocenters. The van der Waals surface area contributed by atoms with Crippen molar-refractivity contribution < 1.29 is 64.1 Å². The number of methoxy groups -OCH3 is 2. The van der Waals surface area contributed by atoms with Crippen LogP contribution in [0.1, 0.15) is 78.2 Å². The first-order valence-electron chi connectivity index (χ1n) is 16.8. The maximum atomic E-state index is 14.4. The molecule has 0 saturated heterocycles. The number of aromatic hydroxyl groups is 1. The highest BCUT2D eigenvalue weighted by atomic mass is 32.2. The molecular weight excluding hydrogens is 698 g/mol. The maximum absolute atomic E-state index is 14.4. The average molecular weight is 746 g/mol. The molecule has 284 valence electrons. The molecule has 0 saturated carbocycles. The van der Waals surface area contributed by atoms with E-state index in [1.54, 1.807) is 0 Å². The fourth-order valence-electron chi connectivity index (χ4n) is 7.09. The number of phenolic OH excluding ortho intramolecular Hbond substituents is 1. The Bertz CT molecular complexity index is 1780. The molecule has 1 aromatic rings. The van der Waals surface area contributed by atoms with Gasteiger partial charge in [0, 0.05) is 29.2 Å². The fourth-order valence-corrected chi connectivity index (χ4v) is 8.24. The summed E-state index contributed by atoms with van der Waals surface area (Å²) in [5, 5.41) is 70.2. The van der Waals surface area contributed by atoms with Crippen molar-refractivity contribution in [3.05, 3.63) is 56.7 Å². The van der Waals surface area contributed by atoms with Gasteiger partial charge < -0.3 is 45.4 Å². The van der Waals surface area contributed by atoms with Crippen LogP contribution in [0.25, 0.3) is 0 Å². The van der Waals surface area contributed by atoms with E-state index in [9.17, 15) is 54.6 Å². The SMILES string of the molecule is COC(=O)[C@H]1[C@H](O)[C@H](C)[C@@H](O)[C@@H](C)/C=C(/C)C(=O)c2c(OC)c(C)c(O)c3c2C(=O)C2=C(NC(=O)C(C)(/C=C\C(O)[C@@H](C)[C@@H](O)[C@@H](C)[C@H]1O)S2)C3=O. The van der Waals surface area contributed by atoms with Crippen molar-refractivity contribution in [3.63, 3.8) is 0 Å². The monoisotopic (exact) mass is 745 g/mol. The number of carbonyl (C=O) groups excluding carboxylic acids is 5. The van der Waals surface area contributed by atoms with Crippen LogP contribution in [0.2, 0.25) is 0 Å². The highest BCUT2D eigenvalue weighted by molar-refractivity contribution is 8.06. The van der Waals surface area contributed by atoms with Crippen LogP contribution in [0.15, 0.2) is 34.4 Å². The lowest BCUT2D eigenvalue weighted by Crippen LogP contribution is -2.51. The number of rotatable bonds is 2.